The number of carbonyl (C=O) groups is 2. The zero-order chi connectivity index (χ0) is 24.0. The third kappa shape index (κ3) is 5.84. The van der Waals surface area contributed by atoms with Crippen molar-refractivity contribution in [1.82, 2.24) is 0 Å². The molecule has 0 unspecified atom stereocenters. The second-order valence-corrected chi connectivity index (χ2v) is 9.63. The number of sulfone groups is 1. The van der Waals surface area contributed by atoms with Crippen LogP contribution >= 0.6 is 0 Å². The molecule has 8 heteroatoms. The van der Waals surface area contributed by atoms with Gasteiger partial charge in [0.15, 0.2) is 9.84 Å². The quantitative estimate of drug-likeness (QED) is 0.529. The molecule has 0 bridgehead atoms. The summed E-state index contributed by atoms with van der Waals surface area (Å²) in [5.74, 6) is -1.60. The van der Waals surface area contributed by atoms with Crippen LogP contribution in [-0.4, -0.2) is 32.5 Å². The molecule has 0 aliphatic rings. The first-order valence-electron chi connectivity index (χ1n) is 10.5. The Morgan fingerprint density at radius 2 is 1.61 bits per heavy atom. The van der Waals surface area contributed by atoms with Crippen molar-refractivity contribution in [3.63, 3.8) is 0 Å². The Hall–Kier alpha value is -3.52. The van der Waals surface area contributed by atoms with Crippen molar-refractivity contribution in [1.29, 1.82) is 0 Å². The summed E-state index contributed by atoms with van der Waals surface area (Å²) >= 11 is 0. The largest absolute Gasteiger partial charge is 0.326 e. The van der Waals surface area contributed by atoms with Gasteiger partial charge in [-0.2, -0.15) is 0 Å². The lowest BCUT2D eigenvalue weighted by Crippen LogP contribution is -2.31. The normalized spacial score (nSPS) is 11.1. The van der Waals surface area contributed by atoms with E-state index in [1.807, 2.05) is 13.0 Å². The Morgan fingerprint density at radius 1 is 0.939 bits per heavy atom. The van der Waals surface area contributed by atoms with Crippen LogP contribution in [0.3, 0.4) is 0 Å². The maximum Gasteiger partial charge on any atom is 0.261 e. The fraction of sp³-hybridized carbons (Fsp3) is 0.200. The van der Waals surface area contributed by atoms with Gasteiger partial charge in [0.2, 0.25) is 5.91 Å². The number of amides is 2. The summed E-state index contributed by atoms with van der Waals surface area (Å²) in [6.45, 7) is 3.75. The number of para-hydroxylation sites is 1. The van der Waals surface area contributed by atoms with E-state index < -0.39 is 21.6 Å². The molecule has 0 aromatic heterocycles. The monoisotopic (exact) mass is 468 g/mol. The molecule has 172 valence electrons. The lowest BCUT2D eigenvalue weighted by molar-refractivity contribution is -0.115. The zero-order valence-electron chi connectivity index (χ0n) is 18.4. The van der Waals surface area contributed by atoms with E-state index in [0.29, 0.717) is 17.8 Å². The second-order valence-electron chi connectivity index (χ2n) is 7.35. The van der Waals surface area contributed by atoms with Crippen LogP contribution in [0.1, 0.15) is 29.8 Å². The summed E-state index contributed by atoms with van der Waals surface area (Å²) < 4.78 is 38.5. The number of anilines is 2. The molecule has 0 saturated carbocycles. The third-order valence-electron chi connectivity index (χ3n) is 5.14. The maximum absolute atomic E-state index is 14.7. The molecule has 33 heavy (non-hydrogen) atoms. The van der Waals surface area contributed by atoms with Gasteiger partial charge in [0.1, 0.15) is 5.82 Å². The molecule has 0 heterocycles. The van der Waals surface area contributed by atoms with E-state index >= 15 is 0 Å². The van der Waals surface area contributed by atoms with Gasteiger partial charge in [0.05, 0.1) is 22.6 Å². The Kier molecular flexibility index (Phi) is 7.60. The SMILES string of the molecule is CCN(C(=O)c1ccc(NC(=O)Cc2ccc(S(=O)(=O)CC)cc2)cc1F)c1ccccc1. The first-order chi connectivity index (χ1) is 15.7. The molecule has 3 aromatic rings. The second kappa shape index (κ2) is 10.4. The molecular weight excluding hydrogens is 443 g/mol. The summed E-state index contributed by atoms with van der Waals surface area (Å²) in [7, 11) is -3.31. The molecule has 1 N–H and O–H groups in total. The lowest BCUT2D eigenvalue weighted by atomic mass is 10.1. The lowest BCUT2D eigenvalue weighted by Gasteiger charge is -2.21. The number of benzene rings is 3. The average Bonchev–Trinajstić information content (AvgIpc) is 2.80. The smallest absolute Gasteiger partial charge is 0.261 e. The first kappa shape index (κ1) is 24.1. The van der Waals surface area contributed by atoms with Crippen LogP contribution in [0.4, 0.5) is 15.8 Å². The molecule has 0 fully saturated rings. The summed E-state index contributed by atoms with van der Waals surface area (Å²) in [5.41, 5.74) is 1.42. The van der Waals surface area contributed by atoms with Crippen molar-refractivity contribution in [3.05, 3.63) is 89.7 Å². The van der Waals surface area contributed by atoms with E-state index in [4.69, 9.17) is 0 Å². The van der Waals surface area contributed by atoms with Gasteiger partial charge in [-0.25, -0.2) is 12.8 Å². The van der Waals surface area contributed by atoms with Crippen molar-refractivity contribution < 1.29 is 22.4 Å². The molecule has 0 atom stereocenters. The number of nitrogens with zero attached hydrogens (tertiary/aromatic N) is 1. The molecular formula is C25H25FN2O4S. The highest BCUT2D eigenvalue weighted by Gasteiger charge is 2.20. The van der Waals surface area contributed by atoms with Crippen molar-refractivity contribution in [2.45, 2.75) is 25.2 Å². The first-order valence-corrected chi connectivity index (χ1v) is 12.2. The van der Waals surface area contributed by atoms with Crippen LogP contribution < -0.4 is 10.2 Å². The third-order valence-corrected chi connectivity index (χ3v) is 6.89. The number of nitrogens with one attached hydrogen (secondary N) is 1. The van der Waals surface area contributed by atoms with Gasteiger partial charge in [-0.3, -0.25) is 9.59 Å². The molecule has 0 spiro atoms. The number of halogens is 1. The summed E-state index contributed by atoms with van der Waals surface area (Å²) in [5, 5.41) is 2.61. The summed E-state index contributed by atoms with van der Waals surface area (Å²) in [6, 6.07) is 19.0. The zero-order valence-corrected chi connectivity index (χ0v) is 19.2. The number of carbonyl (C=O) groups excluding carboxylic acids is 2. The summed E-state index contributed by atoms with van der Waals surface area (Å²) in [6.07, 6.45) is -0.00757. The minimum absolute atomic E-state index is 0.00173. The summed E-state index contributed by atoms with van der Waals surface area (Å²) in [4.78, 5) is 26.9. The van der Waals surface area contributed by atoms with Crippen molar-refractivity contribution in [2.75, 3.05) is 22.5 Å². The minimum Gasteiger partial charge on any atom is -0.326 e. The fourth-order valence-corrected chi connectivity index (χ4v) is 4.22. The van der Waals surface area contributed by atoms with Gasteiger partial charge in [0, 0.05) is 17.9 Å². The molecule has 3 rings (SSSR count). The molecule has 0 aliphatic carbocycles. The predicted molar refractivity (Wildman–Crippen MR) is 127 cm³/mol. The molecule has 0 saturated heterocycles. The number of rotatable bonds is 8. The van der Waals surface area contributed by atoms with Crippen LogP contribution in [0.15, 0.2) is 77.7 Å². The van der Waals surface area contributed by atoms with Gasteiger partial charge in [-0.15, -0.1) is 0 Å². The van der Waals surface area contributed by atoms with Gasteiger partial charge in [-0.1, -0.05) is 37.3 Å². The molecule has 2 amide bonds. The van der Waals surface area contributed by atoms with Crippen molar-refractivity contribution in [2.24, 2.45) is 0 Å². The predicted octanol–water partition coefficient (Wildman–Crippen LogP) is 4.47. The van der Waals surface area contributed by atoms with Crippen molar-refractivity contribution >= 4 is 33.0 Å². The Morgan fingerprint density at radius 3 is 2.18 bits per heavy atom. The molecule has 0 radical (unpaired) electrons. The van der Waals surface area contributed by atoms with Crippen molar-refractivity contribution in [3.8, 4) is 0 Å². The highest BCUT2D eigenvalue weighted by molar-refractivity contribution is 7.91. The van der Waals surface area contributed by atoms with Gasteiger partial charge >= 0.3 is 0 Å². The Balaban J connectivity index is 1.68. The van der Waals surface area contributed by atoms with E-state index in [-0.39, 0.29) is 34.2 Å². The van der Waals surface area contributed by atoms with Crippen LogP contribution in [0.5, 0.6) is 0 Å². The molecule has 6 nitrogen and oxygen atoms in total. The van der Waals surface area contributed by atoms with E-state index in [1.54, 1.807) is 43.3 Å². The van der Waals surface area contributed by atoms with E-state index in [9.17, 15) is 22.4 Å². The van der Waals surface area contributed by atoms with Gasteiger partial charge in [0.25, 0.3) is 5.91 Å². The van der Waals surface area contributed by atoms with E-state index in [2.05, 4.69) is 5.32 Å². The van der Waals surface area contributed by atoms with Crippen LogP contribution in [0.25, 0.3) is 0 Å². The van der Waals surface area contributed by atoms with E-state index in [1.165, 1.54) is 29.2 Å². The molecule has 0 aliphatic heterocycles. The van der Waals surface area contributed by atoms with Gasteiger partial charge in [-0.05, 0) is 55.0 Å². The van der Waals surface area contributed by atoms with Crippen LogP contribution in [-0.2, 0) is 21.1 Å². The Bertz CT molecular complexity index is 1240. The number of hydrogen-bond acceptors (Lipinski definition) is 4. The minimum atomic E-state index is -3.31. The van der Waals surface area contributed by atoms with Gasteiger partial charge < -0.3 is 10.2 Å². The topological polar surface area (TPSA) is 83.6 Å². The average molecular weight is 469 g/mol. The fourth-order valence-electron chi connectivity index (χ4n) is 3.33. The van der Waals surface area contributed by atoms with E-state index in [0.717, 1.165) is 6.07 Å². The standard InChI is InChI=1S/C25H25FN2O4S/c1-3-28(20-8-6-5-7-9-20)25(30)22-15-12-19(17-23(22)26)27-24(29)16-18-10-13-21(14-11-18)33(31,32)4-2/h5-15,17H,3-4,16H2,1-2H3,(H,27,29). The van der Waals surface area contributed by atoms with Crippen LogP contribution in [0, 0.1) is 5.82 Å². The Labute approximate surface area is 193 Å². The maximum atomic E-state index is 14.7. The highest BCUT2D eigenvalue weighted by atomic mass is 32.2. The number of hydrogen-bond donors (Lipinski definition) is 1. The highest BCUT2D eigenvalue weighted by Crippen LogP contribution is 2.21. The molecule has 3 aromatic carbocycles. The van der Waals surface area contributed by atoms with Crippen LogP contribution in [0.2, 0.25) is 0 Å².